The van der Waals surface area contributed by atoms with Crippen LogP contribution < -0.4 is 0 Å². The number of rotatable bonds is 4. The normalized spacial score (nSPS) is 21.4. The Morgan fingerprint density at radius 2 is 1.82 bits per heavy atom. The van der Waals surface area contributed by atoms with Gasteiger partial charge >= 0.3 is 18.0 Å². The predicted molar refractivity (Wildman–Crippen MR) is 74.2 cm³/mol. The quantitative estimate of drug-likeness (QED) is 0.608. The fourth-order valence-electron chi connectivity index (χ4n) is 2.07. The number of nitrogens with zero attached hydrogens (tertiary/aromatic N) is 1. The van der Waals surface area contributed by atoms with Crippen molar-refractivity contribution in [1.82, 2.24) is 4.90 Å². The maximum absolute atomic E-state index is 12.0. The molecule has 0 radical (unpaired) electrons. The Balaban J connectivity index is 2.73. The van der Waals surface area contributed by atoms with Crippen molar-refractivity contribution in [2.75, 3.05) is 6.54 Å². The van der Waals surface area contributed by atoms with Crippen LogP contribution in [-0.2, 0) is 23.9 Å². The van der Waals surface area contributed by atoms with Crippen LogP contribution in [0.3, 0.4) is 0 Å². The van der Waals surface area contributed by atoms with Gasteiger partial charge in [-0.15, -0.1) is 0 Å². The number of carbonyl (C=O) groups excluding carboxylic acids is 3. The summed E-state index contributed by atoms with van der Waals surface area (Å²) in [5, 5.41) is 9.18. The highest BCUT2D eigenvalue weighted by atomic mass is 16.6. The van der Waals surface area contributed by atoms with Crippen molar-refractivity contribution < 1.29 is 33.8 Å². The molecule has 1 heterocycles. The van der Waals surface area contributed by atoms with Crippen molar-refractivity contribution in [3.63, 3.8) is 0 Å². The number of likely N-dealkylation sites (tertiary alicyclic amines) is 1. The van der Waals surface area contributed by atoms with Gasteiger partial charge in [-0.25, -0.2) is 9.59 Å². The lowest BCUT2D eigenvalue weighted by Crippen LogP contribution is -2.43. The summed E-state index contributed by atoms with van der Waals surface area (Å²) in [6, 6.07) is -1.12. The Kier molecular flexibility index (Phi) is 5.51. The molecule has 1 amide bonds. The molecule has 124 valence electrons. The Bertz CT molecular complexity index is 480. The summed E-state index contributed by atoms with van der Waals surface area (Å²) in [7, 11) is 0. The van der Waals surface area contributed by atoms with Crippen molar-refractivity contribution in [3.8, 4) is 0 Å². The standard InChI is InChI=1S/C14H21NO7/c1-8(16)5-11(17)21-9-6-10(12(18)19)15(7-9)13(20)22-14(2,3)4/h9-10H,5-7H2,1-4H3,(H,18,19)/t9?,10-/m0/s1. The van der Waals surface area contributed by atoms with Gasteiger partial charge in [0.05, 0.1) is 6.54 Å². The SMILES string of the molecule is CC(=O)CC(=O)OC1C[C@@H](C(=O)O)N(C(=O)OC(C)(C)C)C1. The van der Waals surface area contributed by atoms with Crippen LogP contribution in [0.15, 0.2) is 0 Å². The number of carboxylic acids is 1. The molecular weight excluding hydrogens is 294 g/mol. The zero-order valence-electron chi connectivity index (χ0n) is 13.1. The molecule has 0 saturated carbocycles. The Morgan fingerprint density at radius 3 is 2.27 bits per heavy atom. The second-order valence-corrected chi connectivity index (χ2v) is 6.21. The van der Waals surface area contributed by atoms with Crippen molar-refractivity contribution >= 4 is 23.8 Å². The molecule has 22 heavy (non-hydrogen) atoms. The van der Waals surface area contributed by atoms with Crippen LogP contribution in [-0.4, -0.2) is 58.1 Å². The summed E-state index contributed by atoms with van der Waals surface area (Å²) in [5.41, 5.74) is -0.760. The first kappa shape index (κ1) is 17.9. The van der Waals surface area contributed by atoms with Crippen LogP contribution >= 0.6 is 0 Å². The highest BCUT2D eigenvalue weighted by Crippen LogP contribution is 2.23. The van der Waals surface area contributed by atoms with Gasteiger partial charge < -0.3 is 14.6 Å². The van der Waals surface area contributed by atoms with Gasteiger partial charge in [0.2, 0.25) is 0 Å². The maximum atomic E-state index is 12.0. The van der Waals surface area contributed by atoms with Crippen molar-refractivity contribution in [2.45, 2.75) is 58.3 Å². The molecule has 2 atom stereocenters. The molecule has 1 aliphatic rings. The Labute approximate surface area is 128 Å². The van der Waals surface area contributed by atoms with Crippen LogP contribution in [0, 0.1) is 0 Å². The van der Waals surface area contributed by atoms with E-state index in [-0.39, 0.29) is 25.2 Å². The third kappa shape index (κ3) is 5.34. The molecule has 0 spiro atoms. The molecular formula is C14H21NO7. The number of esters is 1. The third-order valence-corrected chi connectivity index (χ3v) is 2.87. The van der Waals surface area contributed by atoms with Gasteiger partial charge in [-0.05, 0) is 27.7 Å². The van der Waals surface area contributed by atoms with Crippen LogP contribution in [0.4, 0.5) is 4.79 Å². The van der Waals surface area contributed by atoms with E-state index >= 15 is 0 Å². The lowest BCUT2D eigenvalue weighted by atomic mass is 10.2. The second-order valence-electron chi connectivity index (χ2n) is 6.21. The molecule has 0 aliphatic carbocycles. The summed E-state index contributed by atoms with van der Waals surface area (Å²) in [5.74, 6) is -2.27. The number of ketones is 1. The fourth-order valence-corrected chi connectivity index (χ4v) is 2.07. The molecule has 1 N–H and O–H groups in total. The first-order valence-electron chi connectivity index (χ1n) is 6.91. The molecule has 0 aromatic carbocycles. The largest absolute Gasteiger partial charge is 0.480 e. The average Bonchev–Trinajstić information content (AvgIpc) is 2.69. The average molecular weight is 315 g/mol. The van der Waals surface area contributed by atoms with E-state index in [1.54, 1.807) is 20.8 Å². The minimum Gasteiger partial charge on any atom is -0.480 e. The third-order valence-electron chi connectivity index (χ3n) is 2.87. The zero-order chi connectivity index (χ0) is 17.1. The highest BCUT2D eigenvalue weighted by molar-refractivity contribution is 5.94. The van der Waals surface area contributed by atoms with Gasteiger partial charge in [-0.3, -0.25) is 14.5 Å². The molecule has 1 saturated heterocycles. The summed E-state index contributed by atoms with van der Waals surface area (Å²) in [6.45, 7) is 6.18. The lowest BCUT2D eigenvalue weighted by molar-refractivity contribution is -0.150. The van der Waals surface area contributed by atoms with Crippen molar-refractivity contribution in [3.05, 3.63) is 0 Å². The molecule has 8 heteroatoms. The smallest absolute Gasteiger partial charge is 0.411 e. The molecule has 1 rings (SSSR count). The van der Waals surface area contributed by atoms with Crippen LogP contribution in [0.2, 0.25) is 0 Å². The molecule has 1 aliphatic heterocycles. The van der Waals surface area contributed by atoms with Gasteiger partial charge in [0, 0.05) is 6.42 Å². The molecule has 1 fully saturated rings. The number of carbonyl (C=O) groups is 4. The number of ether oxygens (including phenoxy) is 2. The van der Waals surface area contributed by atoms with E-state index in [4.69, 9.17) is 9.47 Å². The number of aliphatic carboxylic acids is 1. The topological polar surface area (TPSA) is 110 Å². The van der Waals surface area contributed by atoms with Gasteiger partial charge in [-0.2, -0.15) is 0 Å². The number of hydrogen-bond acceptors (Lipinski definition) is 6. The number of carboxylic acid groups (broad SMARTS) is 1. The van der Waals surface area contributed by atoms with Crippen LogP contribution in [0.5, 0.6) is 0 Å². The van der Waals surface area contributed by atoms with E-state index in [1.165, 1.54) is 6.92 Å². The van der Waals surface area contributed by atoms with E-state index < -0.39 is 35.8 Å². The minimum absolute atomic E-state index is 0.0295. The van der Waals surface area contributed by atoms with Crippen molar-refractivity contribution in [1.29, 1.82) is 0 Å². The van der Waals surface area contributed by atoms with Crippen LogP contribution in [0.1, 0.15) is 40.5 Å². The number of Topliss-reactive ketones (excluding diaryl/α,β-unsaturated/α-hetero) is 1. The first-order valence-corrected chi connectivity index (χ1v) is 6.91. The summed E-state index contributed by atoms with van der Waals surface area (Å²) >= 11 is 0. The zero-order valence-corrected chi connectivity index (χ0v) is 13.1. The van der Waals surface area contributed by atoms with E-state index in [1.807, 2.05) is 0 Å². The number of hydrogen-bond donors (Lipinski definition) is 1. The predicted octanol–water partition coefficient (Wildman–Crippen LogP) is 0.971. The van der Waals surface area contributed by atoms with Gasteiger partial charge in [-0.1, -0.05) is 0 Å². The van der Waals surface area contributed by atoms with Gasteiger partial charge in [0.25, 0.3) is 0 Å². The Hall–Kier alpha value is -2.12. The maximum Gasteiger partial charge on any atom is 0.411 e. The molecule has 1 unspecified atom stereocenters. The van der Waals surface area contributed by atoms with Gasteiger partial charge in [0.1, 0.15) is 30.0 Å². The molecule has 0 bridgehead atoms. The molecule has 8 nitrogen and oxygen atoms in total. The van der Waals surface area contributed by atoms with E-state index in [2.05, 4.69) is 0 Å². The molecule has 0 aromatic rings. The summed E-state index contributed by atoms with van der Waals surface area (Å²) < 4.78 is 10.2. The second kappa shape index (κ2) is 6.76. The Morgan fingerprint density at radius 1 is 1.23 bits per heavy atom. The molecule has 0 aromatic heterocycles. The lowest BCUT2D eigenvalue weighted by Gasteiger charge is -2.26. The number of amides is 1. The fraction of sp³-hybridized carbons (Fsp3) is 0.714. The monoisotopic (exact) mass is 315 g/mol. The van der Waals surface area contributed by atoms with Crippen molar-refractivity contribution in [2.24, 2.45) is 0 Å². The van der Waals surface area contributed by atoms with E-state index in [0.717, 1.165) is 4.90 Å². The minimum atomic E-state index is -1.20. The summed E-state index contributed by atoms with van der Waals surface area (Å²) in [6.07, 6.45) is -1.94. The van der Waals surface area contributed by atoms with E-state index in [9.17, 15) is 24.3 Å². The summed E-state index contributed by atoms with van der Waals surface area (Å²) in [4.78, 5) is 46.6. The highest BCUT2D eigenvalue weighted by Gasteiger charge is 2.43. The van der Waals surface area contributed by atoms with Crippen LogP contribution in [0.25, 0.3) is 0 Å². The first-order chi connectivity index (χ1) is 9.99. The van der Waals surface area contributed by atoms with Gasteiger partial charge in [0.15, 0.2) is 0 Å². The van der Waals surface area contributed by atoms with E-state index in [0.29, 0.717) is 0 Å².